The maximum atomic E-state index is 12.6. The van der Waals surface area contributed by atoms with Crippen molar-refractivity contribution < 1.29 is 44.5 Å². The molecule has 0 aliphatic carbocycles. The van der Waals surface area contributed by atoms with Crippen LogP contribution in [0, 0.1) is 0 Å². The number of aliphatic hydroxyl groups is 4. The van der Waals surface area contributed by atoms with Crippen LogP contribution in [0.4, 0.5) is 0 Å². The van der Waals surface area contributed by atoms with E-state index < -0.39 is 43.4 Å². The van der Waals surface area contributed by atoms with E-state index in [2.05, 4.69) is 0 Å². The normalized spacial score (nSPS) is 31.0. The van der Waals surface area contributed by atoms with E-state index in [0.29, 0.717) is 0 Å². The van der Waals surface area contributed by atoms with Crippen molar-refractivity contribution >= 4 is 5.78 Å². The molecule has 0 radical (unpaired) electrons. The Hall–Kier alpha value is -2.69. The lowest BCUT2D eigenvalue weighted by molar-refractivity contribution is -0.277. The number of aromatic hydroxyl groups is 1. The minimum Gasteiger partial charge on any atom is -0.507 e. The Balaban J connectivity index is 1.60. The molecule has 5 N–H and O–H groups in total. The topological polar surface area (TPSA) is 146 Å². The van der Waals surface area contributed by atoms with Crippen LogP contribution in [-0.4, -0.2) is 68.6 Å². The van der Waals surface area contributed by atoms with Gasteiger partial charge >= 0.3 is 0 Å². The molecule has 0 bridgehead atoms. The summed E-state index contributed by atoms with van der Waals surface area (Å²) in [5.41, 5.74) is 0.833. The molecule has 2 aromatic rings. The fraction of sp³-hybridized carbons (Fsp3) is 0.381. The molecule has 2 aromatic carbocycles. The minimum absolute atomic E-state index is 0.0112. The zero-order chi connectivity index (χ0) is 21.4. The second-order valence-corrected chi connectivity index (χ2v) is 7.28. The van der Waals surface area contributed by atoms with Crippen molar-refractivity contribution in [2.45, 2.75) is 43.2 Å². The lowest BCUT2D eigenvalue weighted by Gasteiger charge is -2.39. The minimum atomic E-state index is -1.61. The summed E-state index contributed by atoms with van der Waals surface area (Å²) in [7, 11) is 0. The van der Waals surface area contributed by atoms with Gasteiger partial charge in [-0.3, -0.25) is 4.79 Å². The number of ether oxygens (including phenoxy) is 3. The molecule has 4 rings (SSSR count). The maximum absolute atomic E-state index is 12.6. The van der Waals surface area contributed by atoms with Crippen LogP contribution in [0.15, 0.2) is 42.5 Å². The SMILES string of the molecule is O=C1CC(c2ccccc2)Oc2cc(OC3OC(CO)C(O)C(O)C3O)cc(O)c21. The largest absolute Gasteiger partial charge is 0.507 e. The van der Waals surface area contributed by atoms with Gasteiger partial charge in [-0.1, -0.05) is 30.3 Å². The molecule has 160 valence electrons. The van der Waals surface area contributed by atoms with Crippen LogP contribution in [0.25, 0.3) is 0 Å². The van der Waals surface area contributed by atoms with Gasteiger partial charge in [-0.05, 0) is 5.56 Å². The second kappa shape index (κ2) is 8.21. The van der Waals surface area contributed by atoms with Crippen LogP contribution < -0.4 is 9.47 Å². The molecule has 30 heavy (non-hydrogen) atoms. The Morgan fingerprint density at radius 2 is 1.77 bits per heavy atom. The lowest BCUT2D eigenvalue weighted by Crippen LogP contribution is -2.60. The summed E-state index contributed by atoms with van der Waals surface area (Å²) in [6, 6.07) is 11.7. The van der Waals surface area contributed by atoms with E-state index in [1.54, 1.807) is 0 Å². The summed E-state index contributed by atoms with van der Waals surface area (Å²) in [5.74, 6) is -0.526. The van der Waals surface area contributed by atoms with Gasteiger partial charge in [0, 0.05) is 12.1 Å². The molecule has 0 aromatic heterocycles. The highest BCUT2D eigenvalue weighted by Gasteiger charge is 2.45. The molecule has 6 unspecified atom stereocenters. The van der Waals surface area contributed by atoms with Crippen molar-refractivity contribution in [3.63, 3.8) is 0 Å². The Bertz CT molecular complexity index is 914. The van der Waals surface area contributed by atoms with Crippen molar-refractivity contribution in [2.24, 2.45) is 0 Å². The number of Topliss-reactive ketones (excluding diaryl/α,β-unsaturated/α-hetero) is 1. The highest BCUT2D eigenvalue weighted by molar-refractivity contribution is 6.02. The number of ketones is 1. The van der Waals surface area contributed by atoms with Crippen LogP contribution in [0.5, 0.6) is 17.2 Å². The summed E-state index contributed by atoms with van der Waals surface area (Å²) in [5, 5.41) is 49.5. The monoisotopic (exact) mass is 418 g/mol. The van der Waals surface area contributed by atoms with Gasteiger partial charge in [0.15, 0.2) is 5.78 Å². The first-order valence-corrected chi connectivity index (χ1v) is 9.48. The fourth-order valence-corrected chi connectivity index (χ4v) is 3.64. The summed E-state index contributed by atoms with van der Waals surface area (Å²) in [6.07, 6.45) is -7.77. The van der Waals surface area contributed by atoms with Crippen LogP contribution in [0.3, 0.4) is 0 Å². The third-order valence-electron chi connectivity index (χ3n) is 5.25. The predicted octanol–water partition coefficient (Wildman–Crippen LogP) is 0.277. The van der Waals surface area contributed by atoms with E-state index in [-0.39, 0.29) is 35.0 Å². The van der Waals surface area contributed by atoms with E-state index in [1.165, 1.54) is 12.1 Å². The molecule has 9 heteroatoms. The quantitative estimate of drug-likeness (QED) is 0.472. The van der Waals surface area contributed by atoms with E-state index in [0.717, 1.165) is 5.56 Å². The van der Waals surface area contributed by atoms with Crippen LogP contribution in [0.2, 0.25) is 0 Å². The van der Waals surface area contributed by atoms with E-state index in [1.807, 2.05) is 30.3 Å². The summed E-state index contributed by atoms with van der Waals surface area (Å²) in [6.45, 7) is -0.601. The van der Waals surface area contributed by atoms with Crippen molar-refractivity contribution in [1.29, 1.82) is 0 Å². The number of aliphatic hydroxyl groups excluding tert-OH is 4. The molecule has 1 saturated heterocycles. The van der Waals surface area contributed by atoms with Crippen molar-refractivity contribution in [3.8, 4) is 17.2 Å². The Labute approximate surface area is 171 Å². The van der Waals surface area contributed by atoms with E-state index in [4.69, 9.17) is 14.2 Å². The maximum Gasteiger partial charge on any atom is 0.229 e. The van der Waals surface area contributed by atoms with E-state index in [9.17, 15) is 30.3 Å². The molecule has 6 atom stereocenters. The average molecular weight is 418 g/mol. The Kier molecular flexibility index (Phi) is 5.63. The first-order valence-electron chi connectivity index (χ1n) is 9.48. The van der Waals surface area contributed by atoms with Gasteiger partial charge in [-0.2, -0.15) is 0 Å². The molecule has 2 heterocycles. The zero-order valence-electron chi connectivity index (χ0n) is 15.8. The number of phenolic OH excluding ortho intramolecular Hbond substituents is 1. The fourth-order valence-electron chi connectivity index (χ4n) is 3.64. The summed E-state index contributed by atoms with van der Waals surface area (Å²) in [4.78, 5) is 12.6. The van der Waals surface area contributed by atoms with Gasteiger partial charge in [0.2, 0.25) is 6.29 Å². The van der Waals surface area contributed by atoms with Gasteiger partial charge in [0.25, 0.3) is 0 Å². The van der Waals surface area contributed by atoms with Crippen LogP contribution >= 0.6 is 0 Å². The average Bonchev–Trinajstić information content (AvgIpc) is 2.74. The standard InChI is InChI=1S/C21H22O9/c22-9-16-18(25)19(26)20(27)21(30-16)28-11-6-12(23)17-13(24)8-14(29-15(17)7-11)10-4-2-1-3-5-10/h1-7,14,16,18-23,25-27H,8-9H2. The number of phenols is 1. The second-order valence-electron chi connectivity index (χ2n) is 7.28. The number of rotatable bonds is 4. The third-order valence-corrected chi connectivity index (χ3v) is 5.25. The number of benzene rings is 2. The number of hydrogen-bond acceptors (Lipinski definition) is 9. The van der Waals surface area contributed by atoms with Crippen LogP contribution in [-0.2, 0) is 4.74 Å². The van der Waals surface area contributed by atoms with Crippen molar-refractivity contribution in [2.75, 3.05) is 6.61 Å². The third kappa shape index (κ3) is 3.73. The Morgan fingerprint density at radius 3 is 2.47 bits per heavy atom. The lowest BCUT2D eigenvalue weighted by atomic mass is 9.95. The van der Waals surface area contributed by atoms with Gasteiger partial charge in [-0.15, -0.1) is 0 Å². The Morgan fingerprint density at radius 1 is 1.03 bits per heavy atom. The number of fused-ring (bicyclic) bond motifs is 1. The molecule has 0 spiro atoms. The summed E-state index contributed by atoms with van der Waals surface area (Å²) >= 11 is 0. The van der Waals surface area contributed by atoms with Gasteiger partial charge in [0.1, 0.15) is 53.3 Å². The number of carbonyl (C=O) groups excluding carboxylic acids is 1. The van der Waals surface area contributed by atoms with Gasteiger partial charge < -0.3 is 39.7 Å². The summed E-state index contributed by atoms with van der Waals surface area (Å²) < 4.78 is 16.8. The first-order chi connectivity index (χ1) is 14.4. The predicted molar refractivity (Wildman–Crippen MR) is 101 cm³/mol. The van der Waals surface area contributed by atoms with Crippen molar-refractivity contribution in [1.82, 2.24) is 0 Å². The molecule has 9 nitrogen and oxygen atoms in total. The molecule has 2 aliphatic rings. The number of hydrogen-bond donors (Lipinski definition) is 5. The highest BCUT2D eigenvalue weighted by Crippen LogP contribution is 2.42. The number of carbonyl (C=O) groups is 1. The van der Waals surface area contributed by atoms with Crippen LogP contribution in [0.1, 0.15) is 28.4 Å². The molecule has 0 saturated carbocycles. The molecule has 2 aliphatic heterocycles. The zero-order valence-corrected chi connectivity index (χ0v) is 15.8. The van der Waals surface area contributed by atoms with Gasteiger partial charge in [-0.25, -0.2) is 0 Å². The molecular formula is C21H22O9. The molecule has 0 amide bonds. The highest BCUT2D eigenvalue weighted by atomic mass is 16.7. The van der Waals surface area contributed by atoms with Crippen molar-refractivity contribution in [3.05, 3.63) is 53.6 Å². The smallest absolute Gasteiger partial charge is 0.229 e. The molecular weight excluding hydrogens is 396 g/mol. The van der Waals surface area contributed by atoms with E-state index >= 15 is 0 Å². The van der Waals surface area contributed by atoms with Gasteiger partial charge in [0.05, 0.1) is 13.0 Å². The molecule has 1 fully saturated rings. The first kappa shape index (κ1) is 20.6.